The van der Waals surface area contributed by atoms with E-state index in [1.54, 1.807) is 0 Å². The lowest BCUT2D eigenvalue weighted by molar-refractivity contribution is 0.736. The predicted molar refractivity (Wildman–Crippen MR) is 72.9 cm³/mol. The van der Waals surface area contributed by atoms with Crippen molar-refractivity contribution in [2.24, 2.45) is 4.99 Å². The third-order valence-corrected chi connectivity index (χ3v) is 3.24. The minimum Gasteiger partial charge on any atom is -0.367 e. The molecule has 92 valence electrons. The van der Waals surface area contributed by atoms with Crippen molar-refractivity contribution in [3.63, 3.8) is 0 Å². The fourth-order valence-electron chi connectivity index (χ4n) is 2.01. The molecule has 0 fully saturated rings. The number of pyridine rings is 1. The van der Waals surface area contributed by atoms with Crippen molar-refractivity contribution in [2.45, 2.75) is 45.6 Å². The van der Waals surface area contributed by atoms with E-state index in [9.17, 15) is 0 Å². The smallest absolute Gasteiger partial charge is 0.135 e. The van der Waals surface area contributed by atoms with Crippen LogP contribution in [0.4, 0.5) is 5.82 Å². The van der Waals surface area contributed by atoms with Crippen molar-refractivity contribution >= 4 is 11.5 Å². The Kier molecular flexibility index (Phi) is 4.13. The second kappa shape index (κ2) is 5.80. The van der Waals surface area contributed by atoms with E-state index < -0.39 is 0 Å². The molecule has 0 aromatic carbocycles. The molecule has 0 amide bonds. The molecule has 1 N–H and O–H groups in total. The number of aliphatic imine (C=N–C) groups is 1. The van der Waals surface area contributed by atoms with Gasteiger partial charge < -0.3 is 5.32 Å². The van der Waals surface area contributed by atoms with Gasteiger partial charge in [0.15, 0.2) is 0 Å². The number of hydrogen-bond acceptors (Lipinski definition) is 3. The summed E-state index contributed by atoms with van der Waals surface area (Å²) in [6.45, 7) is 5.33. The van der Waals surface area contributed by atoms with Gasteiger partial charge in [-0.25, -0.2) is 4.98 Å². The maximum atomic E-state index is 4.63. The lowest BCUT2D eigenvalue weighted by atomic mass is 10.0. The maximum absolute atomic E-state index is 4.63. The summed E-state index contributed by atoms with van der Waals surface area (Å²) in [6.07, 6.45) is 6.50. The van der Waals surface area contributed by atoms with Crippen molar-refractivity contribution in [1.82, 2.24) is 4.98 Å². The predicted octanol–water partition coefficient (Wildman–Crippen LogP) is 3.27. The first kappa shape index (κ1) is 12.1. The van der Waals surface area contributed by atoms with Gasteiger partial charge in [-0.05, 0) is 44.7 Å². The first-order valence-electron chi connectivity index (χ1n) is 6.56. The third kappa shape index (κ3) is 3.05. The number of rotatable bonds is 4. The molecule has 0 unspecified atom stereocenters. The summed E-state index contributed by atoms with van der Waals surface area (Å²) in [7, 11) is 0. The minimum atomic E-state index is 0.452. The molecule has 0 saturated heterocycles. The van der Waals surface area contributed by atoms with Crippen molar-refractivity contribution in [3.8, 4) is 0 Å². The van der Waals surface area contributed by atoms with Crippen LogP contribution in [0.15, 0.2) is 23.3 Å². The highest BCUT2D eigenvalue weighted by atomic mass is 15.0. The summed E-state index contributed by atoms with van der Waals surface area (Å²) >= 11 is 0. The van der Waals surface area contributed by atoms with E-state index in [-0.39, 0.29) is 0 Å². The summed E-state index contributed by atoms with van der Waals surface area (Å²) in [5.41, 5.74) is 2.41. The van der Waals surface area contributed by atoms with Gasteiger partial charge in [0.1, 0.15) is 5.82 Å². The molecule has 1 aliphatic rings. The average Bonchev–Trinajstić information content (AvgIpc) is 2.40. The molecule has 0 saturated carbocycles. The number of anilines is 1. The highest BCUT2D eigenvalue weighted by molar-refractivity contribution is 6.04. The third-order valence-electron chi connectivity index (χ3n) is 3.24. The van der Waals surface area contributed by atoms with E-state index in [0.29, 0.717) is 6.04 Å². The van der Waals surface area contributed by atoms with Crippen LogP contribution in [-0.2, 0) is 0 Å². The largest absolute Gasteiger partial charge is 0.367 e. The van der Waals surface area contributed by atoms with Crippen LogP contribution < -0.4 is 5.32 Å². The van der Waals surface area contributed by atoms with E-state index in [0.717, 1.165) is 25.2 Å². The number of nitrogens with one attached hydrogen (secondary N) is 1. The van der Waals surface area contributed by atoms with Crippen LogP contribution >= 0.6 is 0 Å². The van der Waals surface area contributed by atoms with Crippen LogP contribution in [0.25, 0.3) is 0 Å². The fraction of sp³-hybridized carbons (Fsp3) is 0.571. The van der Waals surface area contributed by atoms with E-state index in [1.807, 2.05) is 12.3 Å². The quantitative estimate of drug-likeness (QED) is 0.863. The minimum absolute atomic E-state index is 0.452. The van der Waals surface area contributed by atoms with Gasteiger partial charge >= 0.3 is 0 Å². The molecule has 1 aromatic rings. The van der Waals surface area contributed by atoms with E-state index in [1.165, 1.54) is 24.1 Å². The van der Waals surface area contributed by atoms with Gasteiger partial charge in [-0.3, -0.25) is 4.99 Å². The van der Waals surface area contributed by atoms with Gasteiger partial charge in [0.2, 0.25) is 0 Å². The van der Waals surface area contributed by atoms with Crippen molar-refractivity contribution < 1.29 is 0 Å². The molecule has 3 heteroatoms. The Morgan fingerprint density at radius 1 is 1.41 bits per heavy atom. The SMILES string of the molecule is CC[C@H](C)Nc1ncccc1C1=NCCCC1. The van der Waals surface area contributed by atoms with E-state index in [2.05, 4.69) is 35.2 Å². The Morgan fingerprint density at radius 3 is 3.00 bits per heavy atom. The highest BCUT2D eigenvalue weighted by Gasteiger charge is 2.13. The van der Waals surface area contributed by atoms with E-state index >= 15 is 0 Å². The summed E-state index contributed by atoms with van der Waals surface area (Å²) in [5, 5.41) is 3.47. The monoisotopic (exact) mass is 231 g/mol. The van der Waals surface area contributed by atoms with E-state index in [4.69, 9.17) is 0 Å². The lowest BCUT2D eigenvalue weighted by Crippen LogP contribution is -2.18. The number of nitrogens with zero attached hydrogens (tertiary/aromatic N) is 2. The molecule has 1 atom stereocenters. The molecule has 17 heavy (non-hydrogen) atoms. The van der Waals surface area contributed by atoms with Crippen LogP contribution in [0.2, 0.25) is 0 Å². The van der Waals surface area contributed by atoms with Crippen LogP contribution in [0, 0.1) is 0 Å². The lowest BCUT2D eigenvalue weighted by Gasteiger charge is -2.18. The maximum Gasteiger partial charge on any atom is 0.135 e. The van der Waals surface area contributed by atoms with Gasteiger partial charge in [-0.15, -0.1) is 0 Å². The molecule has 3 nitrogen and oxygen atoms in total. The summed E-state index contributed by atoms with van der Waals surface area (Å²) in [5.74, 6) is 0.988. The van der Waals surface area contributed by atoms with Gasteiger partial charge in [-0.1, -0.05) is 6.92 Å². The standard InChI is InChI=1S/C14H21N3/c1-3-11(2)17-14-12(7-6-10-16-14)13-8-4-5-9-15-13/h6-7,10-11H,3-5,8-9H2,1-2H3,(H,16,17)/t11-/m0/s1. The molecule has 1 aliphatic heterocycles. The molecule has 1 aromatic heterocycles. The van der Waals surface area contributed by atoms with Gasteiger partial charge in [0.05, 0.1) is 0 Å². The van der Waals surface area contributed by atoms with Crippen LogP contribution in [0.1, 0.15) is 45.1 Å². The zero-order valence-corrected chi connectivity index (χ0v) is 10.7. The average molecular weight is 231 g/mol. The first-order valence-corrected chi connectivity index (χ1v) is 6.56. The Hall–Kier alpha value is -1.38. The van der Waals surface area contributed by atoms with Crippen molar-refractivity contribution in [2.75, 3.05) is 11.9 Å². The zero-order valence-electron chi connectivity index (χ0n) is 10.7. The molecule has 2 heterocycles. The van der Waals surface area contributed by atoms with Gasteiger partial charge in [-0.2, -0.15) is 0 Å². The highest BCUT2D eigenvalue weighted by Crippen LogP contribution is 2.20. The molecular weight excluding hydrogens is 210 g/mol. The van der Waals surface area contributed by atoms with Crippen LogP contribution in [0.5, 0.6) is 0 Å². The van der Waals surface area contributed by atoms with Crippen molar-refractivity contribution in [3.05, 3.63) is 23.9 Å². The molecule has 0 radical (unpaired) electrons. The number of hydrogen-bond donors (Lipinski definition) is 1. The van der Waals surface area contributed by atoms with Crippen molar-refractivity contribution in [1.29, 1.82) is 0 Å². The Labute approximate surface area is 103 Å². The molecule has 0 aliphatic carbocycles. The fourth-order valence-corrected chi connectivity index (χ4v) is 2.01. The number of aromatic nitrogens is 1. The topological polar surface area (TPSA) is 37.3 Å². The second-order valence-corrected chi connectivity index (χ2v) is 4.64. The Balaban J connectivity index is 2.23. The Bertz CT molecular complexity index is 398. The molecule has 0 bridgehead atoms. The molecule has 2 rings (SSSR count). The first-order chi connectivity index (χ1) is 8.31. The van der Waals surface area contributed by atoms with Crippen LogP contribution in [0.3, 0.4) is 0 Å². The molecular formula is C14H21N3. The second-order valence-electron chi connectivity index (χ2n) is 4.64. The zero-order chi connectivity index (χ0) is 12.1. The van der Waals surface area contributed by atoms with Crippen LogP contribution in [-0.4, -0.2) is 23.3 Å². The Morgan fingerprint density at radius 2 is 2.29 bits per heavy atom. The van der Waals surface area contributed by atoms with Gasteiger partial charge in [0.25, 0.3) is 0 Å². The summed E-state index contributed by atoms with van der Waals surface area (Å²) < 4.78 is 0. The van der Waals surface area contributed by atoms with Gasteiger partial charge in [0, 0.05) is 30.1 Å². The summed E-state index contributed by atoms with van der Waals surface area (Å²) in [6, 6.07) is 4.57. The normalized spacial score (nSPS) is 17.4. The summed E-state index contributed by atoms with van der Waals surface area (Å²) in [4.78, 5) is 9.08. The molecule has 0 spiro atoms.